The van der Waals surface area contributed by atoms with Gasteiger partial charge in [-0.1, -0.05) is 25.1 Å². The van der Waals surface area contributed by atoms with E-state index in [1.54, 1.807) is 11.3 Å². The Kier molecular flexibility index (Phi) is 5.71. The number of benzene rings is 1. The van der Waals surface area contributed by atoms with Crippen LogP contribution < -0.4 is 10.6 Å². The summed E-state index contributed by atoms with van der Waals surface area (Å²) in [5.41, 5.74) is 2.71. The summed E-state index contributed by atoms with van der Waals surface area (Å²) in [6, 6.07) is 9.74. The molecule has 1 aliphatic rings. The number of fused-ring (bicyclic) bond motifs is 1. The maximum absolute atomic E-state index is 12.6. The smallest absolute Gasteiger partial charge is 0.341 e. The molecule has 0 fully saturated rings. The van der Waals surface area contributed by atoms with Gasteiger partial charge >= 0.3 is 5.97 Å². The third kappa shape index (κ3) is 4.02. The first kappa shape index (κ1) is 17.9. The molecule has 0 saturated heterocycles. The van der Waals surface area contributed by atoms with Crippen molar-refractivity contribution in [3.63, 3.8) is 0 Å². The van der Waals surface area contributed by atoms with Gasteiger partial charge < -0.3 is 15.4 Å². The Morgan fingerprint density at radius 1 is 1.32 bits per heavy atom. The lowest BCUT2D eigenvalue weighted by Gasteiger charge is -2.19. The van der Waals surface area contributed by atoms with Crippen LogP contribution >= 0.6 is 23.6 Å². The highest BCUT2D eigenvalue weighted by Crippen LogP contribution is 2.43. The van der Waals surface area contributed by atoms with Gasteiger partial charge in [-0.3, -0.25) is 0 Å². The lowest BCUT2D eigenvalue weighted by Crippen LogP contribution is -2.20. The molecule has 0 bridgehead atoms. The van der Waals surface area contributed by atoms with Crippen LogP contribution in [0, 0.1) is 0 Å². The molecular formula is C19H22N2O2S2. The fraction of sp³-hybridized carbons (Fsp3) is 0.368. The van der Waals surface area contributed by atoms with Crippen LogP contribution in [0.5, 0.6) is 0 Å². The number of aryl methyl sites for hydroxylation is 1. The molecule has 2 N–H and O–H groups in total. The van der Waals surface area contributed by atoms with E-state index in [1.165, 1.54) is 4.88 Å². The largest absolute Gasteiger partial charge is 0.462 e. The third-order valence-electron chi connectivity index (χ3n) is 4.29. The monoisotopic (exact) mass is 374 g/mol. The standard InChI is InChI=1S/C19H22N2O2S2/c1-3-23-18(22)16-15-12(2)8-7-11-14(15)25-17(16)21-19(24)20-13-9-5-4-6-10-13/h4-6,9-10,12H,3,7-8,11H2,1-2H3,(H2,20,21,24)/t12-/m0/s1. The molecule has 1 aliphatic carbocycles. The van der Waals surface area contributed by atoms with E-state index in [0.717, 1.165) is 35.5 Å². The summed E-state index contributed by atoms with van der Waals surface area (Å²) < 4.78 is 5.31. The van der Waals surface area contributed by atoms with E-state index < -0.39 is 0 Å². The Hall–Kier alpha value is -1.92. The van der Waals surface area contributed by atoms with Gasteiger partial charge in [0.15, 0.2) is 5.11 Å². The highest BCUT2D eigenvalue weighted by Gasteiger charge is 2.30. The highest BCUT2D eigenvalue weighted by atomic mass is 32.1. The number of carbonyl (C=O) groups excluding carboxylic acids is 1. The molecule has 3 rings (SSSR count). The number of hydrogen-bond acceptors (Lipinski definition) is 4. The van der Waals surface area contributed by atoms with Gasteiger partial charge in [-0.05, 0) is 62.0 Å². The maximum atomic E-state index is 12.6. The van der Waals surface area contributed by atoms with Crippen molar-refractivity contribution in [2.24, 2.45) is 0 Å². The summed E-state index contributed by atoms with van der Waals surface area (Å²) in [4.78, 5) is 13.8. The maximum Gasteiger partial charge on any atom is 0.341 e. The van der Waals surface area contributed by atoms with Gasteiger partial charge in [0, 0.05) is 10.6 Å². The Balaban J connectivity index is 1.87. The van der Waals surface area contributed by atoms with Crippen LogP contribution in [0.15, 0.2) is 30.3 Å². The molecule has 0 radical (unpaired) electrons. The van der Waals surface area contributed by atoms with Crippen LogP contribution in [-0.4, -0.2) is 17.7 Å². The van der Waals surface area contributed by atoms with Crippen molar-refractivity contribution < 1.29 is 9.53 Å². The fourth-order valence-corrected chi connectivity index (χ4v) is 4.83. The second-order valence-corrected chi connectivity index (χ2v) is 7.62. The zero-order valence-electron chi connectivity index (χ0n) is 14.4. The molecule has 0 saturated carbocycles. The fourth-order valence-electron chi connectivity index (χ4n) is 3.19. The zero-order chi connectivity index (χ0) is 17.8. The van der Waals surface area contributed by atoms with Crippen LogP contribution in [0.4, 0.5) is 10.7 Å². The quantitative estimate of drug-likeness (QED) is 0.571. The highest BCUT2D eigenvalue weighted by molar-refractivity contribution is 7.80. The number of ether oxygens (including phenoxy) is 1. The average Bonchev–Trinajstić information content (AvgIpc) is 2.95. The van der Waals surface area contributed by atoms with Gasteiger partial charge in [0.25, 0.3) is 0 Å². The first-order chi connectivity index (χ1) is 12.1. The predicted octanol–water partition coefficient (Wildman–Crippen LogP) is 5.17. The molecule has 1 aromatic carbocycles. The second kappa shape index (κ2) is 7.97. The number of hydrogen-bond donors (Lipinski definition) is 2. The Morgan fingerprint density at radius 2 is 2.08 bits per heavy atom. The molecule has 0 aliphatic heterocycles. The molecule has 0 spiro atoms. The predicted molar refractivity (Wildman–Crippen MR) is 108 cm³/mol. The van der Waals surface area contributed by atoms with Crippen LogP contribution in [0.3, 0.4) is 0 Å². The lowest BCUT2D eigenvalue weighted by molar-refractivity contribution is 0.0526. The van der Waals surface area contributed by atoms with Gasteiger partial charge in [-0.25, -0.2) is 4.79 Å². The molecule has 1 atom stereocenters. The van der Waals surface area contributed by atoms with Gasteiger partial charge in [0.05, 0.1) is 12.2 Å². The second-order valence-electron chi connectivity index (χ2n) is 6.10. The summed E-state index contributed by atoms with van der Waals surface area (Å²) in [7, 11) is 0. The van der Waals surface area contributed by atoms with Crippen molar-refractivity contribution in [1.29, 1.82) is 0 Å². The van der Waals surface area contributed by atoms with Crippen LogP contribution in [0.2, 0.25) is 0 Å². The zero-order valence-corrected chi connectivity index (χ0v) is 16.1. The van der Waals surface area contributed by atoms with Gasteiger partial charge in [-0.2, -0.15) is 0 Å². The normalized spacial score (nSPS) is 16.0. The van der Waals surface area contributed by atoms with Gasteiger partial charge in [-0.15, -0.1) is 11.3 Å². The minimum Gasteiger partial charge on any atom is -0.462 e. The van der Waals surface area contributed by atoms with Gasteiger partial charge in [0.2, 0.25) is 0 Å². The summed E-state index contributed by atoms with van der Waals surface area (Å²) in [5.74, 6) is 0.101. The molecule has 0 unspecified atom stereocenters. The molecule has 25 heavy (non-hydrogen) atoms. The number of thiophene rings is 1. The first-order valence-corrected chi connectivity index (χ1v) is 9.78. The number of thiocarbonyl (C=S) groups is 1. The Morgan fingerprint density at radius 3 is 2.80 bits per heavy atom. The van der Waals surface area contributed by atoms with E-state index >= 15 is 0 Å². The number of para-hydroxylation sites is 1. The molecular weight excluding hydrogens is 352 g/mol. The Labute approximate surface area is 157 Å². The van der Waals surface area contributed by atoms with Crippen LogP contribution in [-0.2, 0) is 11.2 Å². The number of rotatable bonds is 4. The number of carbonyl (C=O) groups is 1. The molecule has 6 heteroatoms. The number of anilines is 2. The van der Waals surface area contributed by atoms with E-state index in [1.807, 2.05) is 37.3 Å². The van der Waals surface area contributed by atoms with Crippen LogP contribution in [0.25, 0.3) is 0 Å². The average molecular weight is 375 g/mol. The molecule has 132 valence electrons. The summed E-state index contributed by atoms with van der Waals surface area (Å²) in [6.07, 6.45) is 3.27. The third-order valence-corrected chi connectivity index (χ3v) is 5.68. The van der Waals surface area contributed by atoms with Crippen molar-refractivity contribution in [2.45, 2.75) is 39.0 Å². The topological polar surface area (TPSA) is 50.4 Å². The van der Waals surface area contributed by atoms with Crippen molar-refractivity contribution in [3.8, 4) is 0 Å². The summed E-state index contributed by atoms with van der Waals surface area (Å²) in [5, 5.41) is 7.63. The number of nitrogens with one attached hydrogen (secondary N) is 2. The van der Waals surface area contributed by atoms with Crippen molar-refractivity contribution in [2.75, 3.05) is 17.2 Å². The minimum absolute atomic E-state index is 0.265. The van der Waals surface area contributed by atoms with Crippen molar-refractivity contribution in [3.05, 3.63) is 46.3 Å². The van der Waals surface area contributed by atoms with E-state index in [2.05, 4.69) is 17.6 Å². The van der Waals surface area contributed by atoms with E-state index in [-0.39, 0.29) is 5.97 Å². The molecule has 1 aromatic heterocycles. The molecule has 1 heterocycles. The lowest BCUT2D eigenvalue weighted by atomic mass is 9.86. The number of esters is 1. The van der Waals surface area contributed by atoms with E-state index in [0.29, 0.717) is 23.2 Å². The van der Waals surface area contributed by atoms with Crippen LogP contribution in [0.1, 0.15) is 53.4 Å². The summed E-state index contributed by atoms with van der Waals surface area (Å²) in [6.45, 7) is 4.37. The summed E-state index contributed by atoms with van der Waals surface area (Å²) >= 11 is 7.05. The van der Waals surface area contributed by atoms with E-state index in [9.17, 15) is 4.79 Å². The SMILES string of the molecule is CCOC(=O)c1c(NC(=S)Nc2ccccc2)sc2c1[C@@H](C)CCC2. The molecule has 2 aromatic rings. The first-order valence-electron chi connectivity index (χ1n) is 8.55. The van der Waals surface area contributed by atoms with Gasteiger partial charge in [0.1, 0.15) is 5.00 Å². The minimum atomic E-state index is -0.265. The molecule has 4 nitrogen and oxygen atoms in total. The van der Waals surface area contributed by atoms with Crippen molar-refractivity contribution in [1.82, 2.24) is 0 Å². The molecule has 0 amide bonds. The van der Waals surface area contributed by atoms with E-state index in [4.69, 9.17) is 17.0 Å². The Bertz CT molecular complexity index is 771. The van der Waals surface area contributed by atoms with Crippen molar-refractivity contribution >= 4 is 45.3 Å².